The van der Waals surface area contributed by atoms with Crippen LogP contribution in [0.4, 0.5) is 5.69 Å². The second-order valence-corrected chi connectivity index (χ2v) is 8.77. The zero-order valence-electron chi connectivity index (χ0n) is 11.4. The van der Waals surface area contributed by atoms with E-state index in [0.717, 1.165) is 10.4 Å². The predicted octanol–water partition coefficient (Wildman–Crippen LogP) is 3.99. The van der Waals surface area contributed by atoms with Crippen LogP contribution in [0.15, 0.2) is 32.9 Å². The number of benzene rings is 1. The molecule has 0 aliphatic carbocycles. The van der Waals surface area contributed by atoms with Gasteiger partial charge < -0.3 is 5.32 Å². The molecule has 2 aromatic rings. The molecule has 1 aromatic carbocycles. The van der Waals surface area contributed by atoms with Gasteiger partial charge in [0.15, 0.2) is 0 Å². The van der Waals surface area contributed by atoms with Crippen molar-refractivity contribution in [3.8, 4) is 0 Å². The maximum Gasteiger partial charge on any atom is 0.271 e. The van der Waals surface area contributed by atoms with Gasteiger partial charge >= 0.3 is 0 Å². The predicted molar refractivity (Wildman–Crippen MR) is 91.8 cm³/mol. The van der Waals surface area contributed by atoms with Crippen LogP contribution in [0.2, 0.25) is 5.02 Å². The average molecular weight is 410 g/mol. The second-order valence-electron chi connectivity index (χ2n) is 4.43. The van der Waals surface area contributed by atoms with E-state index >= 15 is 0 Å². The van der Waals surface area contributed by atoms with Crippen molar-refractivity contribution in [3.63, 3.8) is 0 Å². The lowest BCUT2D eigenvalue weighted by atomic mass is 10.3. The van der Waals surface area contributed by atoms with Gasteiger partial charge in [-0.25, -0.2) is 8.42 Å². The summed E-state index contributed by atoms with van der Waals surface area (Å²) >= 11 is 10.4. The van der Waals surface area contributed by atoms with Crippen LogP contribution in [0.1, 0.15) is 10.4 Å². The van der Waals surface area contributed by atoms with Gasteiger partial charge in [-0.3, -0.25) is 4.72 Å². The Bertz CT molecular complexity index is 760. The Kier molecular flexibility index (Phi) is 5.32. The molecule has 0 aliphatic heterocycles. The topological polar surface area (TPSA) is 58.2 Å². The maximum atomic E-state index is 12.4. The Labute approximate surface area is 141 Å². The third kappa shape index (κ3) is 3.98. The summed E-state index contributed by atoms with van der Waals surface area (Å²) in [4.78, 5) is 1.01. The van der Waals surface area contributed by atoms with Gasteiger partial charge in [0.05, 0.1) is 5.69 Å². The van der Waals surface area contributed by atoms with Crippen LogP contribution < -0.4 is 10.0 Å². The minimum Gasteiger partial charge on any atom is -0.315 e. The van der Waals surface area contributed by atoms with E-state index in [4.69, 9.17) is 11.6 Å². The molecule has 0 saturated carbocycles. The molecule has 0 unspecified atom stereocenters. The highest BCUT2D eigenvalue weighted by Crippen LogP contribution is 2.31. The molecule has 0 bridgehead atoms. The standard InChI is InChI=1S/C13H14BrClN2O2S2/c1-8-5-13(20-12(8)7-16-2)21(18,19)17-11-4-3-9(15)6-10(11)14/h3-6,16-17H,7H2,1-2H3. The average Bonchev–Trinajstić information content (AvgIpc) is 2.76. The van der Waals surface area contributed by atoms with Crippen LogP contribution in [-0.4, -0.2) is 15.5 Å². The van der Waals surface area contributed by atoms with Gasteiger partial charge in [-0.05, 0) is 59.7 Å². The SMILES string of the molecule is CNCc1sc(S(=O)(=O)Nc2ccc(Cl)cc2Br)cc1C. The normalized spacial score (nSPS) is 11.6. The summed E-state index contributed by atoms with van der Waals surface area (Å²) in [6.45, 7) is 2.55. The number of anilines is 1. The lowest BCUT2D eigenvalue weighted by Crippen LogP contribution is -2.11. The first-order valence-corrected chi connectivity index (χ1v) is 9.52. The van der Waals surface area contributed by atoms with Gasteiger partial charge in [0.1, 0.15) is 4.21 Å². The molecule has 0 aliphatic rings. The first kappa shape index (κ1) is 16.8. The molecule has 0 radical (unpaired) electrons. The number of hydrogen-bond acceptors (Lipinski definition) is 4. The van der Waals surface area contributed by atoms with Crippen molar-refractivity contribution in [1.82, 2.24) is 5.32 Å². The number of thiophene rings is 1. The van der Waals surface area contributed by atoms with Crippen LogP contribution in [0.25, 0.3) is 0 Å². The van der Waals surface area contributed by atoms with Crippen molar-refractivity contribution in [2.45, 2.75) is 17.7 Å². The summed E-state index contributed by atoms with van der Waals surface area (Å²) in [5.74, 6) is 0. The van der Waals surface area contributed by atoms with Gasteiger partial charge in [0.2, 0.25) is 0 Å². The minimum absolute atomic E-state index is 0.298. The first-order chi connectivity index (χ1) is 9.83. The van der Waals surface area contributed by atoms with Crippen LogP contribution in [-0.2, 0) is 16.6 Å². The molecule has 0 fully saturated rings. The first-order valence-electron chi connectivity index (χ1n) is 6.05. The Morgan fingerprint density at radius 3 is 2.67 bits per heavy atom. The minimum atomic E-state index is -3.60. The van der Waals surface area contributed by atoms with E-state index in [2.05, 4.69) is 26.0 Å². The molecule has 1 aromatic heterocycles. The lowest BCUT2D eigenvalue weighted by Gasteiger charge is -2.08. The quantitative estimate of drug-likeness (QED) is 0.785. The van der Waals surface area contributed by atoms with Crippen LogP contribution >= 0.6 is 38.9 Å². The summed E-state index contributed by atoms with van der Waals surface area (Å²) in [7, 11) is -1.77. The fraction of sp³-hybridized carbons (Fsp3) is 0.231. The molecule has 0 atom stereocenters. The molecule has 4 nitrogen and oxygen atoms in total. The van der Waals surface area contributed by atoms with E-state index in [-0.39, 0.29) is 0 Å². The molecule has 114 valence electrons. The molecule has 0 saturated heterocycles. The monoisotopic (exact) mass is 408 g/mol. The number of rotatable bonds is 5. The smallest absolute Gasteiger partial charge is 0.271 e. The van der Waals surface area contributed by atoms with Crippen molar-refractivity contribution in [3.05, 3.63) is 44.2 Å². The summed E-state index contributed by atoms with van der Waals surface area (Å²) in [5, 5.41) is 3.56. The molecule has 0 amide bonds. The Morgan fingerprint density at radius 2 is 2.05 bits per heavy atom. The van der Waals surface area contributed by atoms with Gasteiger partial charge in [-0.1, -0.05) is 11.6 Å². The largest absolute Gasteiger partial charge is 0.315 e. The second kappa shape index (κ2) is 6.66. The fourth-order valence-corrected chi connectivity index (χ4v) is 5.32. The van der Waals surface area contributed by atoms with E-state index in [9.17, 15) is 8.42 Å². The third-order valence-corrected chi connectivity index (χ3v) is 6.74. The zero-order valence-corrected chi connectivity index (χ0v) is 15.4. The van der Waals surface area contributed by atoms with Crippen LogP contribution in [0, 0.1) is 6.92 Å². The molecular formula is C13H14BrClN2O2S2. The van der Waals surface area contributed by atoms with Crippen molar-refractivity contribution < 1.29 is 8.42 Å². The number of nitrogens with one attached hydrogen (secondary N) is 2. The van der Waals surface area contributed by atoms with Crippen molar-refractivity contribution in [1.29, 1.82) is 0 Å². The molecule has 0 spiro atoms. The van der Waals surface area contributed by atoms with E-state index < -0.39 is 10.0 Å². The lowest BCUT2D eigenvalue weighted by molar-refractivity contribution is 0.603. The van der Waals surface area contributed by atoms with E-state index in [1.165, 1.54) is 11.3 Å². The number of sulfonamides is 1. The van der Waals surface area contributed by atoms with Gasteiger partial charge in [0.25, 0.3) is 10.0 Å². The van der Waals surface area contributed by atoms with Gasteiger partial charge in [0, 0.05) is 20.9 Å². The fourth-order valence-electron chi connectivity index (χ4n) is 1.72. The number of halogens is 2. The summed E-state index contributed by atoms with van der Waals surface area (Å²) < 4.78 is 28.3. The third-order valence-electron chi connectivity index (χ3n) is 2.78. The summed E-state index contributed by atoms with van der Waals surface area (Å²) in [6.07, 6.45) is 0. The maximum absolute atomic E-state index is 12.4. The number of aryl methyl sites for hydroxylation is 1. The summed E-state index contributed by atoms with van der Waals surface area (Å²) in [6, 6.07) is 6.59. The van der Waals surface area contributed by atoms with E-state index in [1.54, 1.807) is 24.3 Å². The van der Waals surface area contributed by atoms with E-state index in [0.29, 0.717) is 25.9 Å². The highest BCUT2D eigenvalue weighted by atomic mass is 79.9. The van der Waals surface area contributed by atoms with Crippen LogP contribution in [0.3, 0.4) is 0 Å². The van der Waals surface area contributed by atoms with Crippen molar-refractivity contribution >= 4 is 54.6 Å². The highest BCUT2D eigenvalue weighted by molar-refractivity contribution is 9.10. The Morgan fingerprint density at radius 1 is 1.33 bits per heavy atom. The van der Waals surface area contributed by atoms with Crippen molar-refractivity contribution in [2.24, 2.45) is 0 Å². The van der Waals surface area contributed by atoms with E-state index in [1.807, 2.05) is 14.0 Å². The Hall–Kier alpha value is -0.600. The molecular weight excluding hydrogens is 396 g/mol. The van der Waals surface area contributed by atoms with Crippen LogP contribution in [0.5, 0.6) is 0 Å². The van der Waals surface area contributed by atoms with Gasteiger partial charge in [-0.2, -0.15) is 0 Å². The molecule has 2 rings (SSSR count). The zero-order chi connectivity index (χ0) is 15.6. The Balaban J connectivity index is 2.32. The highest BCUT2D eigenvalue weighted by Gasteiger charge is 2.20. The molecule has 1 heterocycles. The molecule has 8 heteroatoms. The summed E-state index contributed by atoms with van der Waals surface area (Å²) in [5.41, 5.74) is 1.42. The molecule has 2 N–H and O–H groups in total. The molecule has 21 heavy (non-hydrogen) atoms. The number of hydrogen-bond donors (Lipinski definition) is 2. The van der Waals surface area contributed by atoms with Gasteiger partial charge in [-0.15, -0.1) is 11.3 Å². The van der Waals surface area contributed by atoms with Crippen molar-refractivity contribution in [2.75, 3.05) is 11.8 Å².